The molecular formula is C16H13F6N3O2. The fourth-order valence-corrected chi connectivity index (χ4v) is 2.68. The van der Waals surface area contributed by atoms with Crippen molar-refractivity contribution >= 4 is 6.09 Å². The normalized spacial score (nSPS) is 14.8. The first-order chi connectivity index (χ1) is 12.5. The molecule has 3 rings (SSSR count). The van der Waals surface area contributed by atoms with Crippen LogP contribution >= 0.6 is 0 Å². The second kappa shape index (κ2) is 6.78. The number of ether oxygens (including phenoxy) is 1. The fourth-order valence-electron chi connectivity index (χ4n) is 2.68. The summed E-state index contributed by atoms with van der Waals surface area (Å²) in [6.45, 7) is 0.167. The summed E-state index contributed by atoms with van der Waals surface area (Å²) >= 11 is 0. The van der Waals surface area contributed by atoms with Crippen molar-refractivity contribution in [2.75, 3.05) is 6.54 Å². The standard InChI is InChI=1S/C16H13F6N3O2/c17-15(18,19)11-5-10(6-12(7-11)16(20,21)22)9-27-14(26)24-3-4-25-13(8-24)1-2-23-25/h1-2,5-7H,3-4,8-9H2. The van der Waals surface area contributed by atoms with Crippen LogP contribution in [0.4, 0.5) is 31.1 Å². The molecule has 0 aliphatic carbocycles. The molecule has 0 N–H and O–H groups in total. The van der Waals surface area contributed by atoms with Gasteiger partial charge < -0.3 is 9.64 Å². The maximum absolute atomic E-state index is 12.8. The number of rotatable bonds is 2. The summed E-state index contributed by atoms with van der Waals surface area (Å²) < 4.78 is 83.7. The molecule has 146 valence electrons. The van der Waals surface area contributed by atoms with E-state index in [0.29, 0.717) is 18.7 Å². The van der Waals surface area contributed by atoms with E-state index in [0.717, 1.165) is 5.69 Å². The Labute approximate surface area is 149 Å². The molecule has 0 saturated carbocycles. The van der Waals surface area contributed by atoms with Crippen molar-refractivity contribution in [3.8, 4) is 0 Å². The molecule has 1 aliphatic rings. The van der Waals surface area contributed by atoms with Crippen LogP contribution in [0.15, 0.2) is 30.5 Å². The largest absolute Gasteiger partial charge is 0.445 e. The van der Waals surface area contributed by atoms with Crippen molar-refractivity contribution < 1.29 is 35.9 Å². The summed E-state index contributed by atoms with van der Waals surface area (Å²) in [4.78, 5) is 13.4. The minimum Gasteiger partial charge on any atom is -0.445 e. The highest BCUT2D eigenvalue weighted by molar-refractivity contribution is 5.67. The zero-order valence-corrected chi connectivity index (χ0v) is 13.6. The second-order valence-corrected chi connectivity index (χ2v) is 5.94. The van der Waals surface area contributed by atoms with E-state index in [1.807, 2.05) is 0 Å². The molecule has 27 heavy (non-hydrogen) atoms. The average Bonchev–Trinajstić information content (AvgIpc) is 3.05. The number of fused-ring (bicyclic) bond motifs is 1. The van der Waals surface area contributed by atoms with Gasteiger partial charge in [-0.3, -0.25) is 4.68 Å². The van der Waals surface area contributed by atoms with Crippen LogP contribution in [0.5, 0.6) is 0 Å². The quantitative estimate of drug-likeness (QED) is 0.723. The van der Waals surface area contributed by atoms with Gasteiger partial charge in [-0.25, -0.2) is 4.79 Å². The molecule has 1 aromatic heterocycles. The predicted octanol–water partition coefficient (Wildman–Crippen LogP) is 4.07. The molecule has 0 saturated heterocycles. The Kier molecular flexibility index (Phi) is 4.79. The summed E-state index contributed by atoms with van der Waals surface area (Å²) in [5, 5.41) is 4.03. The molecule has 1 aliphatic heterocycles. The molecule has 0 unspecified atom stereocenters. The number of carbonyl (C=O) groups excluding carboxylic acids is 1. The SMILES string of the molecule is O=C(OCc1cc(C(F)(F)F)cc(C(F)(F)F)c1)N1CCn2nccc2C1. The highest BCUT2D eigenvalue weighted by Crippen LogP contribution is 2.36. The van der Waals surface area contributed by atoms with Gasteiger partial charge in [-0.05, 0) is 29.8 Å². The van der Waals surface area contributed by atoms with Crippen LogP contribution in [-0.2, 0) is 36.8 Å². The van der Waals surface area contributed by atoms with Gasteiger partial charge in [-0.1, -0.05) is 0 Å². The molecule has 0 atom stereocenters. The number of alkyl halides is 6. The van der Waals surface area contributed by atoms with Crippen molar-refractivity contribution in [3.63, 3.8) is 0 Å². The van der Waals surface area contributed by atoms with Gasteiger partial charge in [0, 0.05) is 12.7 Å². The van der Waals surface area contributed by atoms with E-state index in [-0.39, 0.29) is 19.2 Å². The predicted molar refractivity (Wildman–Crippen MR) is 79.3 cm³/mol. The van der Waals surface area contributed by atoms with Gasteiger partial charge in [-0.15, -0.1) is 0 Å². The van der Waals surface area contributed by atoms with Crippen LogP contribution in [0.25, 0.3) is 0 Å². The van der Waals surface area contributed by atoms with Gasteiger partial charge in [0.25, 0.3) is 0 Å². The van der Waals surface area contributed by atoms with Gasteiger partial charge in [0.05, 0.1) is 29.9 Å². The Hall–Kier alpha value is -2.72. The maximum Gasteiger partial charge on any atom is 0.416 e. The van der Waals surface area contributed by atoms with E-state index >= 15 is 0 Å². The molecule has 5 nitrogen and oxygen atoms in total. The number of halogens is 6. The average molecular weight is 393 g/mol. The molecule has 2 heterocycles. The minimum absolute atomic E-state index is 0.0249. The zero-order chi connectivity index (χ0) is 19.8. The topological polar surface area (TPSA) is 47.4 Å². The lowest BCUT2D eigenvalue weighted by atomic mass is 10.1. The molecule has 0 spiro atoms. The van der Waals surface area contributed by atoms with Crippen molar-refractivity contribution in [2.24, 2.45) is 0 Å². The first-order valence-electron chi connectivity index (χ1n) is 7.75. The monoisotopic (exact) mass is 393 g/mol. The van der Waals surface area contributed by atoms with Gasteiger partial charge in [0.2, 0.25) is 0 Å². The van der Waals surface area contributed by atoms with Gasteiger partial charge in [-0.2, -0.15) is 31.4 Å². The van der Waals surface area contributed by atoms with Crippen molar-refractivity contribution in [1.82, 2.24) is 14.7 Å². The van der Waals surface area contributed by atoms with Crippen molar-refractivity contribution in [1.29, 1.82) is 0 Å². The summed E-state index contributed by atoms with van der Waals surface area (Å²) in [6, 6.07) is 2.79. The maximum atomic E-state index is 12.8. The Bertz CT molecular complexity index is 811. The van der Waals surface area contributed by atoms with E-state index in [1.165, 1.54) is 4.90 Å². The Morgan fingerprint density at radius 3 is 2.26 bits per heavy atom. The van der Waals surface area contributed by atoms with E-state index in [4.69, 9.17) is 4.74 Å². The van der Waals surface area contributed by atoms with Crippen molar-refractivity contribution in [3.05, 3.63) is 52.8 Å². The highest BCUT2D eigenvalue weighted by Gasteiger charge is 2.37. The van der Waals surface area contributed by atoms with Crippen LogP contribution in [0.1, 0.15) is 22.4 Å². The number of hydrogen-bond acceptors (Lipinski definition) is 3. The van der Waals surface area contributed by atoms with Crippen LogP contribution in [0, 0.1) is 0 Å². The van der Waals surface area contributed by atoms with E-state index in [2.05, 4.69) is 5.10 Å². The smallest absolute Gasteiger partial charge is 0.416 e. The molecule has 1 amide bonds. The van der Waals surface area contributed by atoms with Crippen molar-refractivity contribution in [2.45, 2.75) is 32.0 Å². The lowest BCUT2D eigenvalue weighted by Crippen LogP contribution is -2.38. The van der Waals surface area contributed by atoms with Crippen LogP contribution in [0.2, 0.25) is 0 Å². The number of amides is 1. The van der Waals surface area contributed by atoms with Crippen LogP contribution in [-0.4, -0.2) is 27.3 Å². The van der Waals surface area contributed by atoms with Gasteiger partial charge in [0.15, 0.2) is 0 Å². The number of nitrogens with zero attached hydrogens (tertiary/aromatic N) is 3. The molecule has 2 aromatic rings. The Balaban J connectivity index is 1.72. The number of aromatic nitrogens is 2. The summed E-state index contributed by atoms with van der Waals surface area (Å²) in [7, 11) is 0. The number of benzene rings is 1. The first kappa shape index (κ1) is 19.1. The fraction of sp³-hybridized carbons (Fsp3) is 0.375. The summed E-state index contributed by atoms with van der Waals surface area (Å²) in [5.74, 6) is 0. The number of hydrogen-bond donors (Lipinski definition) is 0. The number of carbonyl (C=O) groups is 1. The van der Waals surface area contributed by atoms with E-state index in [9.17, 15) is 31.1 Å². The zero-order valence-electron chi connectivity index (χ0n) is 13.6. The molecule has 0 fully saturated rings. The van der Waals surface area contributed by atoms with Crippen LogP contribution in [0.3, 0.4) is 0 Å². The molecule has 1 aromatic carbocycles. The third kappa shape index (κ3) is 4.34. The molecular weight excluding hydrogens is 380 g/mol. The third-order valence-electron chi connectivity index (χ3n) is 4.01. The van der Waals surface area contributed by atoms with Gasteiger partial charge >= 0.3 is 18.4 Å². The third-order valence-corrected chi connectivity index (χ3v) is 4.01. The Morgan fingerprint density at radius 1 is 1.04 bits per heavy atom. The lowest BCUT2D eigenvalue weighted by Gasteiger charge is -2.27. The van der Waals surface area contributed by atoms with Crippen LogP contribution < -0.4 is 0 Å². The molecule has 0 bridgehead atoms. The van der Waals surface area contributed by atoms with E-state index < -0.39 is 41.7 Å². The minimum atomic E-state index is -4.95. The first-order valence-corrected chi connectivity index (χ1v) is 7.75. The summed E-state index contributed by atoms with van der Waals surface area (Å²) in [5.41, 5.74) is -2.56. The van der Waals surface area contributed by atoms with E-state index in [1.54, 1.807) is 16.9 Å². The van der Waals surface area contributed by atoms with Gasteiger partial charge in [0.1, 0.15) is 6.61 Å². The lowest BCUT2D eigenvalue weighted by molar-refractivity contribution is -0.143. The highest BCUT2D eigenvalue weighted by atomic mass is 19.4. The molecule has 0 radical (unpaired) electrons. The molecule has 11 heteroatoms. The Morgan fingerprint density at radius 2 is 1.67 bits per heavy atom. The summed E-state index contributed by atoms with van der Waals surface area (Å²) in [6.07, 6.45) is -9.17. The second-order valence-electron chi connectivity index (χ2n) is 5.94.